The summed E-state index contributed by atoms with van der Waals surface area (Å²) in [5.41, 5.74) is 1.32. The van der Waals surface area contributed by atoms with Crippen LogP contribution in [0.25, 0.3) is 21.8 Å². The van der Waals surface area contributed by atoms with Crippen LogP contribution in [-0.4, -0.2) is 20.2 Å². The van der Waals surface area contributed by atoms with E-state index in [-0.39, 0.29) is 39.2 Å². The summed E-state index contributed by atoms with van der Waals surface area (Å²) in [6.45, 7) is 0. The Labute approximate surface area is 154 Å². The second-order valence-corrected chi connectivity index (χ2v) is 4.70. The van der Waals surface area contributed by atoms with E-state index in [4.69, 9.17) is 0 Å². The molecule has 0 aliphatic heterocycles. The van der Waals surface area contributed by atoms with Gasteiger partial charge in [0.25, 0.3) is 0 Å². The van der Waals surface area contributed by atoms with Crippen LogP contribution >= 0.6 is 0 Å². The second-order valence-electron chi connectivity index (χ2n) is 4.70. The molecule has 2 N–H and O–H groups in total. The van der Waals surface area contributed by atoms with Crippen LogP contribution in [0.5, 0.6) is 11.5 Å². The first-order valence-electron chi connectivity index (χ1n) is 6.81. The Bertz CT molecular complexity index is 841. The average Bonchev–Trinajstić information content (AvgIpc) is 2.57. The van der Waals surface area contributed by atoms with Gasteiger partial charge in [0.15, 0.2) is 0 Å². The third-order valence-corrected chi connectivity index (χ3v) is 3.22. The van der Waals surface area contributed by atoms with Gasteiger partial charge in [-0.25, -0.2) is 0 Å². The number of fused-ring (bicyclic) bond motifs is 2. The Balaban J connectivity index is 0.000000160. The van der Waals surface area contributed by atoms with E-state index in [9.17, 15) is 10.2 Å². The number of nitrogens with zero attached hydrogens (tertiary/aromatic N) is 2. The zero-order valence-electron chi connectivity index (χ0n) is 12.4. The van der Waals surface area contributed by atoms with Gasteiger partial charge in [-0.3, -0.25) is 9.97 Å². The van der Waals surface area contributed by atoms with Gasteiger partial charge in [-0.15, -0.1) is 0 Å². The number of aromatic hydroxyl groups is 2. The number of benzene rings is 2. The number of aromatic nitrogens is 2. The molecular formula is C18H14HgN2O2. The van der Waals surface area contributed by atoms with Crippen molar-refractivity contribution in [2.75, 3.05) is 0 Å². The van der Waals surface area contributed by atoms with Crippen molar-refractivity contribution in [1.82, 2.24) is 9.97 Å². The van der Waals surface area contributed by atoms with E-state index in [0.29, 0.717) is 11.0 Å². The van der Waals surface area contributed by atoms with Gasteiger partial charge in [0.2, 0.25) is 0 Å². The quantitative estimate of drug-likeness (QED) is 0.367. The molecule has 0 aliphatic rings. The van der Waals surface area contributed by atoms with Gasteiger partial charge in [0.1, 0.15) is 22.5 Å². The molecule has 0 fully saturated rings. The fourth-order valence-electron chi connectivity index (χ4n) is 2.18. The fourth-order valence-corrected chi connectivity index (χ4v) is 2.18. The number of hydrogen-bond donors (Lipinski definition) is 2. The molecule has 5 heteroatoms. The number of para-hydroxylation sites is 2. The van der Waals surface area contributed by atoms with Crippen LogP contribution in [0.2, 0.25) is 0 Å². The van der Waals surface area contributed by atoms with E-state index in [1.165, 1.54) is 0 Å². The normalized spacial score (nSPS) is 9.74. The molecule has 0 amide bonds. The molecule has 0 bridgehead atoms. The molecule has 4 aromatic rings. The molecule has 2 heterocycles. The average molecular weight is 491 g/mol. The number of pyridine rings is 2. The molecule has 4 rings (SSSR count). The van der Waals surface area contributed by atoms with Crippen LogP contribution in [0.1, 0.15) is 0 Å². The summed E-state index contributed by atoms with van der Waals surface area (Å²) in [5, 5.41) is 20.5. The van der Waals surface area contributed by atoms with Crippen LogP contribution in [0.3, 0.4) is 0 Å². The molecule has 2 aromatic carbocycles. The largest absolute Gasteiger partial charge is 0.506 e. The molecule has 0 spiro atoms. The van der Waals surface area contributed by atoms with Crippen LogP contribution in [0.4, 0.5) is 0 Å². The van der Waals surface area contributed by atoms with Gasteiger partial charge in [-0.2, -0.15) is 0 Å². The third kappa shape index (κ3) is 3.96. The molecule has 2 aromatic heterocycles. The standard InChI is InChI=1S/2C9H7NO.Hg/c2*11-8-5-1-3-7-4-2-6-10-9(7)8;/h2*1-6,11H;. The van der Waals surface area contributed by atoms with Crippen molar-refractivity contribution in [3.05, 3.63) is 73.1 Å². The van der Waals surface area contributed by atoms with Crippen LogP contribution in [-0.2, 0) is 27.7 Å². The second kappa shape index (κ2) is 7.88. The van der Waals surface area contributed by atoms with Crippen molar-refractivity contribution >= 4 is 21.8 Å². The van der Waals surface area contributed by atoms with E-state index in [1.54, 1.807) is 36.7 Å². The van der Waals surface area contributed by atoms with Crippen molar-refractivity contribution < 1.29 is 37.9 Å². The molecule has 0 atom stereocenters. The molecule has 0 saturated carbocycles. The van der Waals surface area contributed by atoms with Crippen molar-refractivity contribution in [2.45, 2.75) is 0 Å². The van der Waals surface area contributed by atoms with Gasteiger partial charge < -0.3 is 10.2 Å². The number of phenols is 2. The van der Waals surface area contributed by atoms with E-state index < -0.39 is 0 Å². The SMILES string of the molecule is Oc1cccc2cccnc12.Oc1cccc2cccnc12.[Hg]. The van der Waals surface area contributed by atoms with Gasteiger partial charge in [0, 0.05) is 50.8 Å². The van der Waals surface area contributed by atoms with Crippen molar-refractivity contribution in [1.29, 1.82) is 0 Å². The topological polar surface area (TPSA) is 66.2 Å². The summed E-state index contributed by atoms with van der Waals surface area (Å²) < 4.78 is 0. The van der Waals surface area contributed by atoms with Gasteiger partial charge in [0.05, 0.1) is 0 Å². The monoisotopic (exact) mass is 492 g/mol. The molecule has 110 valence electrons. The van der Waals surface area contributed by atoms with Gasteiger partial charge in [-0.05, 0) is 24.3 Å². The van der Waals surface area contributed by atoms with E-state index in [1.807, 2.05) is 36.4 Å². The summed E-state index contributed by atoms with van der Waals surface area (Å²) in [6, 6.07) is 18.3. The van der Waals surface area contributed by atoms with Crippen LogP contribution in [0, 0.1) is 0 Å². The maximum Gasteiger partial charge on any atom is 0.141 e. The van der Waals surface area contributed by atoms with Crippen molar-refractivity contribution in [3.63, 3.8) is 0 Å². The van der Waals surface area contributed by atoms with E-state index >= 15 is 0 Å². The molecular weight excluding hydrogens is 477 g/mol. The minimum atomic E-state index is 0. The minimum Gasteiger partial charge on any atom is -0.506 e. The first kappa shape index (κ1) is 17.2. The molecule has 0 aliphatic carbocycles. The summed E-state index contributed by atoms with van der Waals surface area (Å²) in [6.07, 6.45) is 3.34. The summed E-state index contributed by atoms with van der Waals surface area (Å²) in [7, 11) is 0. The predicted octanol–water partition coefficient (Wildman–Crippen LogP) is 3.88. The van der Waals surface area contributed by atoms with Crippen molar-refractivity contribution in [2.24, 2.45) is 0 Å². The van der Waals surface area contributed by atoms with Crippen LogP contribution < -0.4 is 0 Å². The number of rotatable bonds is 0. The molecule has 0 unspecified atom stereocenters. The van der Waals surface area contributed by atoms with E-state index in [2.05, 4.69) is 9.97 Å². The maximum absolute atomic E-state index is 9.31. The predicted molar refractivity (Wildman–Crippen MR) is 86.8 cm³/mol. The number of hydrogen-bond acceptors (Lipinski definition) is 4. The zero-order valence-corrected chi connectivity index (χ0v) is 17.9. The Kier molecular flexibility index (Phi) is 5.87. The Morgan fingerprint density at radius 1 is 0.565 bits per heavy atom. The summed E-state index contributed by atoms with van der Waals surface area (Å²) in [5.74, 6) is 0.478. The van der Waals surface area contributed by atoms with Crippen molar-refractivity contribution in [3.8, 4) is 11.5 Å². The zero-order chi connectivity index (χ0) is 15.4. The Hall–Kier alpha value is -2.20. The molecule has 4 nitrogen and oxygen atoms in total. The number of phenolic OH excluding ortho intramolecular Hbond substituents is 2. The Morgan fingerprint density at radius 2 is 0.957 bits per heavy atom. The molecule has 0 radical (unpaired) electrons. The smallest absolute Gasteiger partial charge is 0.141 e. The van der Waals surface area contributed by atoms with Gasteiger partial charge >= 0.3 is 0 Å². The maximum atomic E-state index is 9.31. The molecule has 0 saturated heterocycles. The molecule has 23 heavy (non-hydrogen) atoms. The first-order chi connectivity index (χ1) is 10.8. The Morgan fingerprint density at radius 3 is 1.35 bits per heavy atom. The van der Waals surface area contributed by atoms with Crippen LogP contribution in [0.15, 0.2) is 73.1 Å². The van der Waals surface area contributed by atoms with E-state index in [0.717, 1.165) is 10.8 Å². The fraction of sp³-hybridized carbons (Fsp3) is 0. The third-order valence-electron chi connectivity index (χ3n) is 3.22. The minimum absolute atomic E-state index is 0. The van der Waals surface area contributed by atoms with Gasteiger partial charge in [-0.1, -0.05) is 36.4 Å². The summed E-state index contributed by atoms with van der Waals surface area (Å²) >= 11 is 0. The first-order valence-corrected chi connectivity index (χ1v) is 6.81. The summed E-state index contributed by atoms with van der Waals surface area (Å²) in [4.78, 5) is 8.06.